The van der Waals surface area contributed by atoms with Crippen molar-refractivity contribution in [3.05, 3.63) is 90.0 Å². The van der Waals surface area contributed by atoms with E-state index < -0.39 is 12.2 Å². The molecule has 7 nitrogen and oxygen atoms in total. The smallest absolute Gasteiger partial charge is 0.272 e. The van der Waals surface area contributed by atoms with Gasteiger partial charge in [0, 0.05) is 51.8 Å². The van der Waals surface area contributed by atoms with Gasteiger partial charge in [0.15, 0.2) is 0 Å². The second kappa shape index (κ2) is 16.7. The van der Waals surface area contributed by atoms with Crippen LogP contribution in [0.2, 0.25) is 0 Å². The summed E-state index contributed by atoms with van der Waals surface area (Å²) in [6.45, 7) is 12.7. The van der Waals surface area contributed by atoms with E-state index in [1.54, 1.807) is 23.1 Å². The Morgan fingerprint density at radius 1 is 1.15 bits per heavy atom. The number of likely N-dealkylation sites (tertiary alicyclic amines) is 2. The molecule has 0 aromatic carbocycles. The van der Waals surface area contributed by atoms with Gasteiger partial charge in [-0.25, -0.2) is 4.39 Å². The number of ether oxygens (including phenoxy) is 1. The number of nitrogens with zero attached hydrogens (tertiary/aromatic N) is 3. The lowest BCUT2D eigenvalue weighted by molar-refractivity contribution is 0.0434. The molecular formula is C33H45FN4O3. The zero-order valence-electron chi connectivity index (χ0n) is 24.7. The molecule has 2 atom stereocenters. The van der Waals surface area contributed by atoms with E-state index in [9.17, 15) is 14.0 Å². The van der Waals surface area contributed by atoms with E-state index in [0.29, 0.717) is 38.2 Å². The van der Waals surface area contributed by atoms with Crippen molar-refractivity contribution in [3.8, 4) is 0 Å². The minimum absolute atomic E-state index is 0.0278. The molecule has 222 valence electrons. The number of alkyl halides is 1. The first-order chi connectivity index (χ1) is 19.9. The predicted octanol–water partition coefficient (Wildman–Crippen LogP) is 5.79. The summed E-state index contributed by atoms with van der Waals surface area (Å²) in [5.74, 6) is 0.222. The number of allylic oxidation sites excluding steroid dienone is 6. The van der Waals surface area contributed by atoms with Gasteiger partial charge in [-0.2, -0.15) is 0 Å². The van der Waals surface area contributed by atoms with Gasteiger partial charge in [0.05, 0.1) is 11.6 Å². The molecule has 41 heavy (non-hydrogen) atoms. The van der Waals surface area contributed by atoms with Gasteiger partial charge in [-0.1, -0.05) is 50.8 Å². The zero-order chi connectivity index (χ0) is 29.6. The van der Waals surface area contributed by atoms with E-state index in [2.05, 4.69) is 47.8 Å². The van der Waals surface area contributed by atoms with E-state index in [-0.39, 0.29) is 30.2 Å². The highest BCUT2D eigenvalue weighted by Crippen LogP contribution is 2.20. The number of amides is 2. The van der Waals surface area contributed by atoms with Crippen LogP contribution in [0.5, 0.6) is 0 Å². The molecule has 0 spiro atoms. The highest BCUT2D eigenvalue weighted by molar-refractivity contribution is 5.96. The number of halogens is 1. The normalized spacial score (nSPS) is 21.4. The van der Waals surface area contributed by atoms with Gasteiger partial charge in [-0.3, -0.25) is 19.5 Å². The van der Waals surface area contributed by atoms with E-state index in [1.807, 2.05) is 31.2 Å². The van der Waals surface area contributed by atoms with Crippen molar-refractivity contribution in [1.82, 2.24) is 20.1 Å². The molecule has 2 aliphatic heterocycles. The molecule has 1 aromatic rings. The Balaban J connectivity index is 1.48. The molecule has 1 N–H and O–H groups in total. The van der Waals surface area contributed by atoms with Crippen LogP contribution in [0.3, 0.4) is 0 Å². The maximum absolute atomic E-state index is 15.0. The third-order valence-corrected chi connectivity index (χ3v) is 7.27. The fourth-order valence-electron chi connectivity index (χ4n) is 5.12. The summed E-state index contributed by atoms with van der Waals surface area (Å²) in [6, 6.07) is 2.60. The van der Waals surface area contributed by atoms with Crippen LogP contribution in [0.1, 0.15) is 73.7 Å². The van der Waals surface area contributed by atoms with Crippen molar-refractivity contribution in [2.45, 2.75) is 71.2 Å². The third kappa shape index (κ3) is 9.81. The first kappa shape index (κ1) is 32.0. The van der Waals surface area contributed by atoms with Crippen molar-refractivity contribution >= 4 is 11.8 Å². The lowest BCUT2D eigenvalue weighted by Gasteiger charge is -2.35. The van der Waals surface area contributed by atoms with Crippen LogP contribution in [0.4, 0.5) is 4.39 Å². The Hall–Kier alpha value is -3.52. The van der Waals surface area contributed by atoms with Crippen LogP contribution in [0.25, 0.3) is 0 Å². The van der Waals surface area contributed by atoms with Crippen LogP contribution in [0, 0.1) is 0 Å². The van der Waals surface area contributed by atoms with Gasteiger partial charge in [-0.05, 0) is 56.0 Å². The molecule has 0 bridgehead atoms. The van der Waals surface area contributed by atoms with Crippen LogP contribution in [-0.4, -0.2) is 77.6 Å². The van der Waals surface area contributed by atoms with Crippen LogP contribution in [0.15, 0.2) is 78.8 Å². The standard InChI is InChI=1S/C33H45FN4O3/c1-5-9-13-27(12-8-4)41-28-16-20-38(21-17-28)33(40)31-15-14-26(22-35-31)32(39)36-30-18-19-37(24-29(30)34)23-25(10-6-2)11-7-3/h6,8-15,22,28-30H,4-5,7,16-21,23-24H2,1-3H3,(H,36,39)/b10-6-,13-9-,25-11+,27-12+/t29-,30+/m0/s1. The fraction of sp³-hybridized carbons (Fsp3) is 0.485. The SMILES string of the molecule is C=C/C=C(\C=C/CC)OC1CCN(C(=O)c2ccc(C(=O)N[C@@H]3CCN(CC(/C=C\C)=C/CC)C[C@@H]3F)cn2)CC1. The maximum Gasteiger partial charge on any atom is 0.272 e. The molecule has 3 rings (SSSR count). The lowest BCUT2D eigenvalue weighted by atomic mass is 10.0. The molecule has 3 heterocycles. The molecule has 2 amide bonds. The summed E-state index contributed by atoms with van der Waals surface area (Å²) in [4.78, 5) is 34.0. The molecule has 2 fully saturated rings. The van der Waals surface area contributed by atoms with Crippen molar-refractivity contribution in [2.75, 3.05) is 32.7 Å². The fourth-order valence-corrected chi connectivity index (χ4v) is 5.12. The first-order valence-corrected chi connectivity index (χ1v) is 14.8. The molecule has 0 radical (unpaired) electrons. The summed E-state index contributed by atoms with van der Waals surface area (Å²) in [6.07, 6.45) is 17.8. The van der Waals surface area contributed by atoms with Gasteiger partial charge in [0.1, 0.15) is 23.7 Å². The molecule has 1 aromatic heterocycles. The van der Waals surface area contributed by atoms with Gasteiger partial charge in [0.25, 0.3) is 11.8 Å². The van der Waals surface area contributed by atoms with Crippen molar-refractivity contribution in [1.29, 1.82) is 0 Å². The summed E-state index contributed by atoms with van der Waals surface area (Å²) in [5.41, 5.74) is 1.77. The number of hydrogen-bond donors (Lipinski definition) is 1. The summed E-state index contributed by atoms with van der Waals surface area (Å²) < 4.78 is 21.1. The number of rotatable bonds is 12. The van der Waals surface area contributed by atoms with Crippen LogP contribution >= 0.6 is 0 Å². The Morgan fingerprint density at radius 3 is 2.54 bits per heavy atom. The summed E-state index contributed by atoms with van der Waals surface area (Å²) in [5, 5.41) is 2.83. The number of pyridine rings is 1. The Kier molecular flexibility index (Phi) is 13.0. The van der Waals surface area contributed by atoms with E-state index in [0.717, 1.165) is 31.4 Å². The average Bonchev–Trinajstić information content (AvgIpc) is 2.98. The zero-order valence-corrected chi connectivity index (χ0v) is 24.7. The number of piperidine rings is 2. The number of aromatic nitrogens is 1. The Labute approximate surface area is 244 Å². The average molecular weight is 565 g/mol. The monoisotopic (exact) mass is 564 g/mol. The topological polar surface area (TPSA) is 74.8 Å². The third-order valence-electron chi connectivity index (χ3n) is 7.27. The molecule has 2 aliphatic rings. The predicted molar refractivity (Wildman–Crippen MR) is 162 cm³/mol. The minimum Gasteiger partial charge on any atom is -0.490 e. The van der Waals surface area contributed by atoms with Gasteiger partial charge in [0.2, 0.25) is 0 Å². The number of carbonyl (C=O) groups excluding carboxylic acids is 2. The molecule has 0 unspecified atom stereocenters. The molecule has 0 aliphatic carbocycles. The first-order valence-electron chi connectivity index (χ1n) is 14.8. The minimum atomic E-state index is -1.16. The largest absolute Gasteiger partial charge is 0.490 e. The molecule has 0 saturated carbocycles. The van der Waals surface area contributed by atoms with Crippen LogP contribution < -0.4 is 5.32 Å². The Bertz CT molecular complexity index is 1130. The highest BCUT2D eigenvalue weighted by atomic mass is 19.1. The second-order valence-electron chi connectivity index (χ2n) is 10.5. The van der Waals surface area contributed by atoms with Crippen molar-refractivity contribution in [3.63, 3.8) is 0 Å². The van der Waals surface area contributed by atoms with E-state index in [1.165, 1.54) is 11.8 Å². The quantitative estimate of drug-likeness (QED) is 0.257. The number of nitrogens with one attached hydrogen (secondary N) is 1. The van der Waals surface area contributed by atoms with Crippen molar-refractivity contribution in [2.24, 2.45) is 0 Å². The van der Waals surface area contributed by atoms with Crippen molar-refractivity contribution < 1.29 is 18.7 Å². The molecule has 8 heteroatoms. The van der Waals surface area contributed by atoms with Crippen LogP contribution in [-0.2, 0) is 4.74 Å². The summed E-state index contributed by atoms with van der Waals surface area (Å²) >= 11 is 0. The Morgan fingerprint density at radius 2 is 1.93 bits per heavy atom. The molecular weight excluding hydrogens is 519 g/mol. The van der Waals surface area contributed by atoms with Gasteiger partial charge in [-0.15, -0.1) is 0 Å². The van der Waals surface area contributed by atoms with Gasteiger partial charge < -0.3 is 15.0 Å². The number of hydrogen-bond acceptors (Lipinski definition) is 5. The lowest BCUT2D eigenvalue weighted by Crippen LogP contribution is -2.52. The van der Waals surface area contributed by atoms with Gasteiger partial charge >= 0.3 is 0 Å². The van der Waals surface area contributed by atoms with E-state index in [4.69, 9.17) is 4.74 Å². The van der Waals surface area contributed by atoms with E-state index >= 15 is 0 Å². The number of carbonyl (C=O) groups is 2. The summed E-state index contributed by atoms with van der Waals surface area (Å²) in [7, 11) is 0. The highest BCUT2D eigenvalue weighted by Gasteiger charge is 2.31. The molecule has 2 saturated heterocycles. The maximum atomic E-state index is 15.0. The second-order valence-corrected chi connectivity index (χ2v) is 10.5.